The van der Waals surface area contributed by atoms with Crippen LogP contribution >= 0.6 is 0 Å². The first kappa shape index (κ1) is 11.1. The number of aromatic nitrogens is 2. The fourth-order valence-electron chi connectivity index (χ4n) is 2.03. The fourth-order valence-corrected chi connectivity index (χ4v) is 2.03. The van der Waals surface area contributed by atoms with Gasteiger partial charge in [0.25, 0.3) is 11.7 Å². The van der Waals surface area contributed by atoms with Crippen LogP contribution in [-0.2, 0) is 0 Å². The quantitative estimate of drug-likeness (QED) is 0.738. The van der Waals surface area contributed by atoms with E-state index in [-0.39, 0.29) is 23.8 Å². The van der Waals surface area contributed by atoms with E-state index in [9.17, 15) is 4.79 Å². The maximum absolute atomic E-state index is 12.1. The van der Waals surface area contributed by atoms with Gasteiger partial charge in [0.05, 0.1) is 0 Å². The van der Waals surface area contributed by atoms with Crippen molar-refractivity contribution in [2.24, 2.45) is 0 Å². The second-order valence-electron chi connectivity index (χ2n) is 4.21. The molecule has 2 rings (SSSR count). The van der Waals surface area contributed by atoms with Crippen molar-refractivity contribution >= 4 is 5.91 Å². The lowest BCUT2D eigenvalue weighted by atomic mass is 10.1. The highest BCUT2D eigenvalue weighted by Gasteiger charge is 2.31. The predicted molar refractivity (Wildman–Crippen MR) is 57.0 cm³/mol. The Kier molecular flexibility index (Phi) is 2.91. The molecule has 2 heterocycles. The lowest BCUT2D eigenvalue weighted by molar-refractivity contribution is 0.0528. The number of hydrogen-bond acceptors (Lipinski definition) is 5. The second kappa shape index (κ2) is 4.21. The van der Waals surface area contributed by atoms with Gasteiger partial charge < -0.3 is 14.7 Å². The van der Waals surface area contributed by atoms with E-state index in [4.69, 9.17) is 4.52 Å². The molecule has 0 bridgehead atoms. The lowest BCUT2D eigenvalue weighted by Crippen LogP contribution is -2.57. The van der Waals surface area contributed by atoms with Crippen LogP contribution in [0.1, 0.15) is 30.4 Å². The molecule has 6 nitrogen and oxygen atoms in total. The predicted octanol–water partition coefficient (Wildman–Crippen LogP) is 0.200. The Morgan fingerprint density at radius 2 is 2.06 bits per heavy atom. The Hall–Kier alpha value is -1.43. The smallest absolute Gasteiger partial charge is 0.295 e. The zero-order valence-corrected chi connectivity index (χ0v) is 9.73. The van der Waals surface area contributed by atoms with Gasteiger partial charge in [0.1, 0.15) is 0 Å². The molecule has 1 saturated heterocycles. The number of amides is 1. The van der Waals surface area contributed by atoms with Gasteiger partial charge in [0.15, 0.2) is 0 Å². The lowest BCUT2D eigenvalue weighted by Gasteiger charge is -2.38. The molecular formula is C10H16N4O2. The van der Waals surface area contributed by atoms with E-state index in [0.29, 0.717) is 5.89 Å². The van der Waals surface area contributed by atoms with Crippen LogP contribution in [-0.4, -0.2) is 46.1 Å². The summed E-state index contributed by atoms with van der Waals surface area (Å²) in [5.74, 6) is 0.412. The van der Waals surface area contributed by atoms with E-state index in [1.807, 2.05) is 13.8 Å². The van der Waals surface area contributed by atoms with E-state index in [2.05, 4.69) is 15.5 Å². The molecule has 0 spiro atoms. The summed E-state index contributed by atoms with van der Waals surface area (Å²) in [5, 5.41) is 6.93. The van der Waals surface area contributed by atoms with Crippen LogP contribution in [0, 0.1) is 6.92 Å². The van der Waals surface area contributed by atoms with Crippen molar-refractivity contribution in [3.05, 3.63) is 11.7 Å². The summed E-state index contributed by atoms with van der Waals surface area (Å²) >= 11 is 0. The molecule has 2 atom stereocenters. The first-order valence-corrected chi connectivity index (χ1v) is 5.43. The molecule has 1 aliphatic rings. The average molecular weight is 224 g/mol. The number of carbonyl (C=O) groups is 1. The largest absolute Gasteiger partial charge is 0.339 e. The van der Waals surface area contributed by atoms with Crippen LogP contribution in [0.3, 0.4) is 0 Å². The molecule has 0 aliphatic carbocycles. The Bertz CT molecular complexity index is 380. The highest BCUT2D eigenvalue weighted by molar-refractivity contribution is 5.90. The van der Waals surface area contributed by atoms with Crippen LogP contribution in [0.5, 0.6) is 0 Å². The molecule has 1 aliphatic heterocycles. The maximum atomic E-state index is 12.1. The van der Waals surface area contributed by atoms with Gasteiger partial charge in [-0.15, -0.1) is 0 Å². The molecule has 0 saturated carbocycles. The Morgan fingerprint density at radius 3 is 2.56 bits per heavy atom. The highest BCUT2D eigenvalue weighted by Crippen LogP contribution is 2.13. The molecule has 1 N–H and O–H groups in total. The molecule has 2 unspecified atom stereocenters. The van der Waals surface area contributed by atoms with E-state index < -0.39 is 0 Å². The number of nitrogens with one attached hydrogen (secondary N) is 1. The van der Waals surface area contributed by atoms with Crippen molar-refractivity contribution in [2.75, 3.05) is 13.1 Å². The van der Waals surface area contributed by atoms with Crippen molar-refractivity contribution in [2.45, 2.75) is 32.9 Å². The first-order chi connectivity index (χ1) is 7.59. The molecule has 1 aromatic heterocycles. The summed E-state index contributed by atoms with van der Waals surface area (Å²) in [6.45, 7) is 7.29. The molecule has 6 heteroatoms. The summed E-state index contributed by atoms with van der Waals surface area (Å²) in [6, 6.07) is 0.296. The molecule has 1 fully saturated rings. The van der Waals surface area contributed by atoms with Crippen LogP contribution in [0.15, 0.2) is 4.52 Å². The molecule has 0 aromatic carbocycles. The van der Waals surface area contributed by atoms with Gasteiger partial charge in [-0.25, -0.2) is 0 Å². The van der Waals surface area contributed by atoms with Gasteiger partial charge in [-0.2, -0.15) is 4.98 Å². The number of hydrogen-bond donors (Lipinski definition) is 1. The van der Waals surface area contributed by atoms with Crippen LogP contribution in [0.2, 0.25) is 0 Å². The monoisotopic (exact) mass is 224 g/mol. The fraction of sp³-hybridized carbons (Fsp3) is 0.700. The molecule has 88 valence electrons. The number of piperazine rings is 1. The molecule has 16 heavy (non-hydrogen) atoms. The minimum atomic E-state index is -0.154. The number of rotatable bonds is 1. The van der Waals surface area contributed by atoms with Gasteiger partial charge in [0.2, 0.25) is 5.89 Å². The van der Waals surface area contributed by atoms with Crippen molar-refractivity contribution in [1.29, 1.82) is 0 Å². The van der Waals surface area contributed by atoms with Crippen LogP contribution in [0.25, 0.3) is 0 Å². The number of nitrogens with zero attached hydrogens (tertiary/aromatic N) is 3. The third kappa shape index (κ3) is 1.92. The van der Waals surface area contributed by atoms with E-state index in [1.54, 1.807) is 11.8 Å². The van der Waals surface area contributed by atoms with Gasteiger partial charge in [-0.3, -0.25) is 4.79 Å². The molecule has 1 aromatic rings. The Balaban J connectivity index is 2.19. The molecular weight excluding hydrogens is 208 g/mol. The SMILES string of the molecule is Cc1nc(C(=O)N2C(C)CNCC2C)no1. The number of aryl methyl sites for hydroxylation is 1. The highest BCUT2D eigenvalue weighted by atomic mass is 16.5. The summed E-state index contributed by atoms with van der Waals surface area (Å²) < 4.78 is 4.82. The minimum Gasteiger partial charge on any atom is -0.339 e. The normalized spacial score (nSPS) is 25.8. The summed E-state index contributed by atoms with van der Waals surface area (Å²) in [7, 11) is 0. The van der Waals surface area contributed by atoms with Crippen molar-refractivity contribution in [3.8, 4) is 0 Å². The van der Waals surface area contributed by atoms with E-state index in [1.165, 1.54) is 0 Å². The third-order valence-corrected chi connectivity index (χ3v) is 2.78. The van der Waals surface area contributed by atoms with Gasteiger partial charge >= 0.3 is 0 Å². The van der Waals surface area contributed by atoms with Crippen LogP contribution < -0.4 is 5.32 Å². The van der Waals surface area contributed by atoms with Gasteiger partial charge in [-0.05, 0) is 13.8 Å². The van der Waals surface area contributed by atoms with Crippen molar-refractivity contribution in [1.82, 2.24) is 20.4 Å². The van der Waals surface area contributed by atoms with E-state index >= 15 is 0 Å². The summed E-state index contributed by atoms with van der Waals surface area (Å²) in [5.41, 5.74) is 0. The van der Waals surface area contributed by atoms with E-state index in [0.717, 1.165) is 13.1 Å². The zero-order chi connectivity index (χ0) is 11.7. The topological polar surface area (TPSA) is 71.3 Å². The first-order valence-electron chi connectivity index (χ1n) is 5.43. The minimum absolute atomic E-state index is 0.148. The second-order valence-corrected chi connectivity index (χ2v) is 4.21. The summed E-state index contributed by atoms with van der Waals surface area (Å²) in [4.78, 5) is 17.9. The average Bonchev–Trinajstić information content (AvgIpc) is 2.64. The summed E-state index contributed by atoms with van der Waals surface area (Å²) in [6.07, 6.45) is 0. The Morgan fingerprint density at radius 1 is 1.44 bits per heavy atom. The van der Waals surface area contributed by atoms with Crippen molar-refractivity contribution in [3.63, 3.8) is 0 Å². The maximum Gasteiger partial charge on any atom is 0.295 e. The Labute approximate surface area is 94.0 Å². The van der Waals surface area contributed by atoms with Gasteiger partial charge in [0, 0.05) is 32.1 Å². The molecule has 0 radical (unpaired) electrons. The van der Waals surface area contributed by atoms with Gasteiger partial charge in [-0.1, -0.05) is 5.16 Å². The number of carbonyl (C=O) groups excluding carboxylic acids is 1. The zero-order valence-electron chi connectivity index (χ0n) is 9.73. The third-order valence-electron chi connectivity index (χ3n) is 2.78. The molecule has 1 amide bonds. The standard InChI is InChI=1S/C10H16N4O2/c1-6-4-11-5-7(2)14(6)10(15)9-12-8(3)16-13-9/h6-7,11H,4-5H2,1-3H3. The van der Waals surface area contributed by atoms with Crippen molar-refractivity contribution < 1.29 is 9.32 Å². The van der Waals surface area contributed by atoms with Crippen LogP contribution in [0.4, 0.5) is 0 Å².